The molecule has 0 aliphatic heterocycles. The summed E-state index contributed by atoms with van der Waals surface area (Å²) in [4.78, 5) is 11.8. The number of ether oxygens (including phenoxy) is 1. The van der Waals surface area contributed by atoms with Crippen molar-refractivity contribution in [3.8, 4) is 5.75 Å². The molecular formula is C17H21NO3. The monoisotopic (exact) mass is 287 g/mol. The molecule has 0 spiro atoms. The standard InChI is InChI=1S/C17H21NO3/c1-11(18-16(20)21-17(2,3)4)13-9-12-7-5-6-8-14(12)15(19)10-13/h5-11,19H,1-4H3,(H,18,20). The van der Waals surface area contributed by atoms with E-state index in [2.05, 4.69) is 5.32 Å². The first-order valence-corrected chi connectivity index (χ1v) is 6.97. The Morgan fingerprint density at radius 3 is 2.57 bits per heavy atom. The summed E-state index contributed by atoms with van der Waals surface area (Å²) >= 11 is 0. The van der Waals surface area contributed by atoms with Crippen LogP contribution in [-0.4, -0.2) is 16.8 Å². The first-order chi connectivity index (χ1) is 9.76. The van der Waals surface area contributed by atoms with E-state index in [1.807, 2.05) is 58.0 Å². The van der Waals surface area contributed by atoms with E-state index in [0.29, 0.717) is 0 Å². The second-order valence-corrected chi connectivity index (χ2v) is 6.13. The second-order valence-electron chi connectivity index (χ2n) is 6.13. The molecule has 1 amide bonds. The van der Waals surface area contributed by atoms with Gasteiger partial charge in [-0.2, -0.15) is 0 Å². The third kappa shape index (κ3) is 3.88. The molecule has 2 rings (SSSR count). The van der Waals surface area contributed by atoms with Crippen LogP contribution in [0, 0.1) is 0 Å². The minimum atomic E-state index is -0.532. The topological polar surface area (TPSA) is 58.6 Å². The number of benzene rings is 2. The van der Waals surface area contributed by atoms with Crippen LogP contribution in [0.2, 0.25) is 0 Å². The molecule has 0 saturated heterocycles. The van der Waals surface area contributed by atoms with E-state index in [-0.39, 0.29) is 11.8 Å². The van der Waals surface area contributed by atoms with Gasteiger partial charge in [-0.15, -0.1) is 0 Å². The van der Waals surface area contributed by atoms with E-state index in [9.17, 15) is 9.90 Å². The van der Waals surface area contributed by atoms with Crippen molar-refractivity contribution in [3.63, 3.8) is 0 Å². The molecule has 2 N–H and O–H groups in total. The van der Waals surface area contributed by atoms with Crippen molar-refractivity contribution in [3.05, 3.63) is 42.0 Å². The second kappa shape index (κ2) is 5.64. The van der Waals surface area contributed by atoms with Crippen molar-refractivity contribution in [2.45, 2.75) is 39.3 Å². The van der Waals surface area contributed by atoms with Gasteiger partial charge in [0, 0.05) is 5.39 Å². The molecule has 2 aromatic rings. The van der Waals surface area contributed by atoms with Gasteiger partial charge in [-0.1, -0.05) is 24.3 Å². The summed E-state index contributed by atoms with van der Waals surface area (Å²) in [5.74, 6) is 0.209. The Hall–Kier alpha value is -2.23. The minimum absolute atomic E-state index is 0.209. The van der Waals surface area contributed by atoms with Gasteiger partial charge in [-0.25, -0.2) is 4.79 Å². The molecule has 0 saturated carbocycles. The normalized spacial score (nSPS) is 13.0. The lowest BCUT2D eigenvalue weighted by molar-refractivity contribution is 0.0508. The zero-order valence-corrected chi connectivity index (χ0v) is 12.8. The molecule has 21 heavy (non-hydrogen) atoms. The molecular weight excluding hydrogens is 266 g/mol. The summed E-state index contributed by atoms with van der Waals surface area (Å²) in [5.41, 5.74) is 0.298. The molecule has 4 heteroatoms. The number of phenolic OH excluding ortho intramolecular Hbond substituents is 1. The van der Waals surface area contributed by atoms with E-state index in [4.69, 9.17) is 4.74 Å². The number of hydrogen-bond acceptors (Lipinski definition) is 3. The zero-order valence-electron chi connectivity index (χ0n) is 12.8. The van der Waals surface area contributed by atoms with Crippen LogP contribution in [-0.2, 0) is 4.74 Å². The molecule has 1 atom stereocenters. The summed E-state index contributed by atoms with van der Waals surface area (Å²) < 4.78 is 5.24. The predicted octanol–water partition coefficient (Wildman–Crippen LogP) is 4.13. The van der Waals surface area contributed by atoms with Crippen LogP contribution in [0.4, 0.5) is 4.79 Å². The quantitative estimate of drug-likeness (QED) is 0.873. The number of carbonyl (C=O) groups is 1. The molecule has 4 nitrogen and oxygen atoms in total. The van der Waals surface area contributed by atoms with Crippen LogP contribution in [0.5, 0.6) is 5.75 Å². The summed E-state index contributed by atoms with van der Waals surface area (Å²) in [6, 6.07) is 11.0. The molecule has 0 aromatic heterocycles. The summed E-state index contributed by atoms with van der Waals surface area (Å²) in [6.07, 6.45) is -0.470. The number of rotatable bonds is 2. The van der Waals surface area contributed by atoms with Gasteiger partial charge in [-0.3, -0.25) is 0 Å². The van der Waals surface area contributed by atoms with Crippen LogP contribution in [0.1, 0.15) is 39.3 Å². The van der Waals surface area contributed by atoms with E-state index in [1.54, 1.807) is 6.07 Å². The number of carbonyl (C=O) groups excluding carboxylic acids is 1. The summed E-state index contributed by atoms with van der Waals surface area (Å²) in [5, 5.41) is 14.6. The Labute approximate surface area is 124 Å². The molecule has 1 unspecified atom stereocenters. The van der Waals surface area contributed by atoms with Gasteiger partial charge >= 0.3 is 6.09 Å². The lowest BCUT2D eigenvalue weighted by Crippen LogP contribution is -2.34. The Balaban J connectivity index is 2.20. The predicted molar refractivity (Wildman–Crippen MR) is 83.4 cm³/mol. The van der Waals surface area contributed by atoms with Crippen LogP contribution in [0.25, 0.3) is 10.8 Å². The van der Waals surface area contributed by atoms with Crippen molar-refractivity contribution < 1.29 is 14.6 Å². The van der Waals surface area contributed by atoms with Gasteiger partial charge in [-0.05, 0) is 50.8 Å². The fourth-order valence-corrected chi connectivity index (χ4v) is 2.13. The summed E-state index contributed by atoms with van der Waals surface area (Å²) in [7, 11) is 0. The molecule has 0 fully saturated rings. The van der Waals surface area contributed by atoms with Gasteiger partial charge in [0.2, 0.25) is 0 Å². The van der Waals surface area contributed by atoms with Crippen LogP contribution in [0.3, 0.4) is 0 Å². The van der Waals surface area contributed by atoms with Crippen LogP contribution in [0.15, 0.2) is 36.4 Å². The molecule has 0 radical (unpaired) electrons. The smallest absolute Gasteiger partial charge is 0.408 e. The highest BCUT2D eigenvalue weighted by Gasteiger charge is 2.18. The Bertz CT molecular complexity index is 659. The highest BCUT2D eigenvalue weighted by atomic mass is 16.6. The van der Waals surface area contributed by atoms with Gasteiger partial charge in [0.1, 0.15) is 11.4 Å². The van der Waals surface area contributed by atoms with Crippen molar-refractivity contribution in [2.75, 3.05) is 0 Å². The van der Waals surface area contributed by atoms with Crippen LogP contribution >= 0.6 is 0 Å². The Kier molecular flexibility index (Phi) is 4.07. The molecule has 0 aliphatic rings. The number of hydrogen-bond donors (Lipinski definition) is 2. The molecule has 0 aliphatic carbocycles. The zero-order chi connectivity index (χ0) is 15.6. The molecule has 0 bridgehead atoms. The maximum absolute atomic E-state index is 11.8. The molecule has 112 valence electrons. The number of amides is 1. The van der Waals surface area contributed by atoms with E-state index >= 15 is 0 Å². The fraction of sp³-hybridized carbons (Fsp3) is 0.353. The lowest BCUT2D eigenvalue weighted by atomic mass is 10.0. The number of phenols is 1. The van der Waals surface area contributed by atoms with Crippen LogP contribution < -0.4 is 5.32 Å². The first kappa shape index (κ1) is 15.2. The fourth-order valence-electron chi connectivity index (χ4n) is 2.13. The van der Waals surface area contributed by atoms with Crippen molar-refractivity contribution in [2.24, 2.45) is 0 Å². The number of alkyl carbamates (subject to hydrolysis) is 1. The number of aromatic hydroxyl groups is 1. The molecule has 2 aromatic carbocycles. The maximum atomic E-state index is 11.8. The van der Waals surface area contributed by atoms with E-state index < -0.39 is 11.7 Å². The van der Waals surface area contributed by atoms with E-state index in [0.717, 1.165) is 16.3 Å². The average molecular weight is 287 g/mol. The highest BCUT2D eigenvalue weighted by Crippen LogP contribution is 2.29. The number of nitrogens with one attached hydrogen (secondary N) is 1. The van der Waals surface area contributed by atoms with Gasteiger partial charge in [0.05, 0.1) is 6.04 Å². The molecule has 0 heterocycles. The first-order valence-electron chi connectivity index (χ1n) is 6.97. The van der Waals surface area contributed by atoms with Gasteiger partial charge in [0.25, 0.3) is 0 Å². The van der Waals surface area contributed by atoms with Crippen molar-refractivity contribution in [1.29, 1.82) is 0 Å². The van der Waals surface area contributed by atoms with E-state index in [1.165, 1.54) is 0 Å². The van der Waals surface area contributed by atoms with Crippen molar-refractivity contribution >= 4 is 16.9 Å². The minimum Gasteiger partial charge on any atom is -0.507 e. The number of fused-ring (bicyclic) bond motifs is 1. The third-order valence-corrected chi connectivity index (χ3v) is 3.10. The highest BCUT2D eigenvalue weighted by molar-refractivity contribution is 5.88. The maximum Gasteiger partial charge on any atom is 0.408 e. The largest absolute Gasteiger partial charge is 0.507 e. The lowest BCUT2D eigenvalue weighted by Gasteiger charge is -2.22. The van der Waals surface area contributed by atoms with Gasteiger partial charge < -0.3 is 15.2 Å². The third-order valence-electron chi connectivity index (χ3n) is 3.10. The summed E-state index contributed by atoms with van der Waals surface area (Å²) in [6.45, 7) is 7.31. The Morgan fingerprint density at radius 1 is 1.24 bits per heavy atom. The Morgan fingerprint density at radius 2 is 1.90 bits per heavy atom. The van der Waals surface area contributed by atoms with Gasteiger partial charge in [0.15, 0.2) is 0 Å². The average Bonchev–Trinajstić information content (AvgIpc) is 2.36. The van der Waals surface area contributed by atoms with Crippen molar-refractivity contribution in [1.82, 2.24) is 5.32 Å². The SMILES string of the molecule is CC(NC(=O)OC(C)(C)C)c1cc(O)c2ccccc2c1.